The molecule has 0 radical (unpaired) electrons. The molecule has 2 N–H and O–H groups in total. The van der Waals surface area contributed by atoms with Gasteiger partial charge in [0.15, 0.2) is 5.69 Å². The van der Waals surface area contributed by atoms with Gasteiger partial charge in [-0.2, -0.15) is 10.4 Å². The summed E-state index contributed by atoms with van der Waals surface area (Å²) in [7, 11) is 3.20. The Hall–Kier alpha value is -5.12. The second-order valence-corrected chi connectivity index (χ2v) is 8.13. The first-order valence-corrected chi connectivity index (χ1v) is 10.8. The summed E-state index contributed by atoms with van der Waals surface area (Å²) < 4.78 is 13.4. The molecule has 36 heavy (non-hydrogen) atoms. The van der Waals surface area contributed by atoms with Gasteiger partial charge < -0.3 is 24.6 Å². The van der Waals surface area contributed by atoms with Crippen molar-refractivity contribution in [2.45, 2.75) is 19.6 Å². The zero-order valence-corrected chi connectivity index (χ0v) is 19.5. The van der Waals surface area contributed by atoms with Crippen molar-refractivity contribution in [1.29, 1.82) is 5.26 Å². The Morgan fingerprint density at radius 3 is 2.86 bits per heavy atom. The van der Waals surface area contributed by atoms with Crippen LogP contribution < -0.4 is 20.5 Å². The summed E-state index contributed by atoms with van der Waals surface area (Å²) in [5, 5.41) is 30.8. The van der Waals surface area contributed by atoms with Crippen LogP contribution in [0.5, 0.6) is 11.5 Å². The molecule has 5 rings (SSSR count). The Bertz CT molecular complexity index is 1580. The molecule has 1 unspecified atom stereocenters. The number of benzene rings is 1. The monoisotopic (exact) mass is 488 g/mol. The smallest absolute Gasteiger partial charge is 0.296 e. The van der Waals surface area contributed by atoms with Crippen LogP contribution in [0, 0.1) is 11.3 Å². The number of fused-ring (bicyclic) bond motifs is 2. The van der Waals surface area contributed by atoms with E-state index < -0.39 is 29.0 Å². The zero-order valence-electron chi connectivity index (χ0n) is 19.5. The molecule has 0 bridgehead atoms. The molecule has 1 atom stereocenters. The van der Waals surface area contributed by atoms with E-state index in [0.29, 0.717) is 28.4 Å². The first kappa shape index (κ1) is 22.7. The Balaban J connectivity index is 1.69. The maximum atomic E-state index is 12.9. The highest BCUT2D eigenvalue weighted by Gasteiger charge is 2.34. The van der Waals surface area contributed by atoms with Crippen molar-refractivity contribution < 1.29 is 19.2 Å². The fraction of sp³-hybridized carbons (Fsp3) is 0.217. The van der Waals surface area contributed by atoms with Crippen LogP contribution in [-0.2, 0) is 20.7 Å². The van der Waals surface area contributed by atoms with Gasteiger partial charge in [-0.3, -0.25) is 18.8 Å². The molecule has 13 heteroatoms. The van der Waals surface area contributed by atoms with E-state index in [1.165, 1.54) is 19.5 Å². The van der Waals surface area contributed by atoms with Gasteiger partial charge in [0.05, 0.1) is 23.5 Å². The van der Waals surface area contributed by atoms with Gasteiger partial charge in [-0.05, 0) is 19.1 Å². The van der Waals surface area contributed by atoms with Crippen molar-refractivity contribution in [2.24, 2.45) is 14.1 Å². The van der Waals surface area contributed by atoms with Crippen molar-refractivity contribution in [3.63, 3.8) is 0 Å². The van der Waals surface area contributed by atoms with Crippen LogP contribution in [-0.4, -0.2) is 35.5 Å². The first-order valence-electron chi connectivity index (χ1n) is 10.8. The van der Waals surface area contributed by atoms with Gasteiger partial charge >= 0.3 is 0 Å². The number of amides is 1. The molecule has 0 aliphatic carbocycles. The van der Waals surface area contributed by atoms with Crippen molar-refractivity contribution in [3.05, 3.63) is 70.0 Å². The van der Waals surface area contributed by atoms with Crippen LogP contribution in [0.2, 0.25) is 0 Å². The number of carbonyl (C=O) groups excluding carboxylic acids is 1. The Kier molecular flexibility index (Phi) is 5.40. The van der Waals surface area contributed by atoms with E-state index in [9.17, 15) is 20.0 Å². The lowest BCUT2D eigenvalue weighted by molar-refractivity contribution is 0.101. The molecule has 0 saturated carbocycles. The molecule has 13 nitrogen and oxygen atoms in total. The molecule has 0 spiro atoms. The Labute approximate surface area is 203 Å². The van der Waals surface area contributed by atoms with Gasteiger partial charge in [0.1, 0.15) is 47.6 Å². The molecule has 3 aromatic heterocycles. The summed E-state index contributed by atoms with van der Waals surface area (Å²) in [6.07, 6.45) is 4.23. The highest BCUT2D eigenvalue weighted by molar-refractivity contribution is 6.04. The van der Waals surface area contributed by atoms with Crippen LogP contribution in [0.3, 0.4) is 0 Å². The van der Waals surface area contributed by atoms with Gasteiger partial charge in [0, 0.05) is 20.3 Å². The highest BCUT2D eigenvalue weighted by Crippen LogP contribution is 2.45. The summed E-state index contributed by atoms with van der Waals surface area (Å²) in [6.45, 7) is 1.93. The number of anilines is 3. The summed E-state index contributed by atoms with van der Waals surface area (Å²) in [5.41, 5.74) is 1.01. The Morgan fingerprint density at radius 2 is 2.14 bits per heavy atom. The number of nitriles is 1. The lowest BCUT2D eigenvalue weighted by atomic mass is 10.1. The van der Waals surface area contributed by atoms with Gasteiger partial charge in [-0.15, -0.1) is 0 Å². The predicted octanol–water partition coefficient (Wildman–Crippen LogP) is 2.12. The number of para-hydroxylation sites is 1. The van der Waals surface area contributed by atoms with E-state index >= 15 is 0 Å². The number of hydrogen-bond donors (Lipinski definition) is 2. The third-order valence-corrected chi connectivity index (χ3v) is 5.84. The van der Waals surface area contributed by atoms with E-state index in [1.807, 2.05) is 0 Å². The minimum absolute atomic E-state index is 0.156. The normalized spacial score (nSPS) is 13.1. The van der Waals surface area contributed by atoms with E-state index in [4.69, 9.17) is 9.26 Å². The maximum absolute atomic E-state index is 12.9. The number of ether oxygens (including phenoxy) is 1. The van der Waals surface area contributed by atoms with Crippen LogP contribution in [0.25, 0.3) is 0 Å². The largest absolute Gasteiger partial charge is 0.501 e. The molecule has 1 aliphatic rings. The minimum Gasteiger partial charge on any atom is -0.501 e. The molecule has 0 fully saturated rings. The number of nitrogens with one attached hydrogen (secondary N) is 1. The van der Waals surface area contributed by atoms with Crippen molar-refractivity contribution in [3.8, 4) is 17.6 Å². The number of aromatic hydroxyl groups is 1. The fourth-order valence-corrected chi connectivity index (χ4v) is 4.18. The summed E-state index contributed by atoms with van der Waals surface area (Å²) in [5.74, 6) is -1.01. The van der Waals surface area contributed by atoms with Crippen LogP contribution in [0.1, 0.15) is 40.5 Å². The molecular weight excluding hydrogens is 468 g/mol. The molecule has 4 aromatic rings. The molecule has 4 heterocycles. The quantitative estimate of drug-likeness (QED) is 0.435. The second-order valence-electron chi connectivity index (χ2n) is 8.13. The number of rotatable bonds is 4. The topological polar surface area (TPSA) is 164 Å². The van der Waals surface area contributed by atoms with Crippen LogP contribution in [0.15, 0.2) is 46.2 Å². The lowest BCUT2D eigenvalue weighted by Crippen LogP contribution is -2.33. The fourth-order valence-electron chi connectivity index (χ4n) is 4.18. The minimum atomic E-state index is -0.818. The van der Waals surface area contributed by atoms with E-state index in [2.05, 4.69) is 26.6 Å². The number of hydrogen-bond acceptors (Lipinski definition) is 10. The lowest BCUT2D eigenvalue weighted by Gasteiger charge is -2.31. The van der Waals surface area contributed by atoms with Crippen molar-refractivity contribution in [1.82, 2.24) is 24.5 Å². The standard InChI is InChI=1S/C23H20N8O5/c1-12(21-27-18(20(32)23(34)30(21)3)22(33)26-14-8-25-36-10-14)31-16-9-29(2)28-15(16)11-35-17-6-4-5-13(7-24)19(17)31/h4-6,8-10,12,32H,11H2,1-3H3,(H,26,33). The summed E-state index contributed by atoms with van der Waals surface area (Å²) in [6, 6.07) is 6.59. The third-order valence-electron chi connectivity index (χ3n) is 5.84. The number of nitrogens with zero attached hydrogens (tertiary/aromatic N) is 7. The first-order chi connectivity index (χ1) is 17.3. The average Bonchev–Trinajstić information content (AvgIpc) is 3.47. The molecule has 1 amide bonds. The van der Waals surface area contributed by atoms with E-state index in [1.54, 1.807) is 47.9 Å². The maximum Gasteiger partial charge on any atom is 0.296 e. The van der Waals surface area contributed by atoms with Gasteiger partial charge in [0.2, 0.25) is 5.75 Å². The number of aryl methyl sites for hydroxylation is 1. The second kappa shape index (κ2) is 8.58. The molecule has 1 aliphatic heterocycles. The van der Waals surface area contributed by atoms with E-state index in [0.717, 1.165) is 4.57 Å². The predicted molar refractivity (Wildman–Crippen MR) is 125 cm³/mol. The third kappa shape index (κ3) is 3.61. The molecule has 0 saturated heterocycles. The number of carbonyl (C=O) groups is 1. The van der Waals surface area contributed by atoms with Gasteiger partial charge in [-0.1, -0.05) is 11.2 Å². The van der Waals surface area contributed by atoms with Gasteiger partial charge in [-0.25, -0.2) is 4.98 Å². The van der Waals surface area contributed by atoms with Crippen molar-refractivity contribution in [2.75, 3.05) is 10.2 Å². The van der Waals surface area contributed by atoms with Gasteiger partial charge in [0.25, 0.3) is 11.5 Å². The van der Waals surface area contributed by atoms with Crippen LogP contribution >= 0.6 is 0 Å². The summed E-state index contributed by atoms with van der Waals surface area (Å²) in [4.78, 5) is 32.0. The average molecular weight is 488 g/mol. The van der Waals surface area contributed by atoms with Crippen LogP contribution in [0.4, 0.5) is 17.1 Å². The highest BCUT2D eigenvalue weighted by atomic mass is 16.5. The zero-order chi connectivity index (χ0) is 25.6. The number of aromatic nitrogens is 5. The molecule has 1 aromatic carbocycles. The SMILES string of the molecule is CC(c1nc(C(=O)Nc2cnoc2)c(O)c(=O)n1C)N1c2cn(C)nc2COc2cccc(C#N)c21. The molecule has 182 valence electrons. The van der Waals surface area contributed by atoms with Crippen molar-refractivity contribution >= 4 is 23.0 Å². The molecular formula is C23H20N8O5. The van der Waals surface area contributed by atoms with E-state index in [-0.39, 0.29) is 18.1 Å². The summed E-state index contributed by atoms with van der Waals surface area (Å²) >= 11 is 0. The Morgan fingerprint density at radius 1 is 1.33 bits per heavy atom.